The van der Waals surface area contributed by atoms with Crippen molar-refractivity contribution in [1.82, 2.24) is 10.2 Å². The van der Waals surface area contributed by atoms with E-state index < -0.39 is 0 Å². The molecule has 0 aliphatic heterocycles. The molecule has 0 aliphatic carbocycles. The van der Waals surface area contributed by atoms with Crippen LogP contribution < -0.4 is 5.32 Å². The molecule has 1 aromatic carbocycles. The van der Waals surface area contributed by atoms with Crippen molar-refractivity contribution in [3.8, 4) is 0 Å². The summed E-state index contributed by atoms with van der Waals surface area (Å²) in [7, 11) is 1.66. The number of carbonyl (C=O) groups is 2. The normalized spacial score (nSPS) is 11.2. The van der Waals surface area contributed by atoms with Crippen LogP contribution >= 0.6 is 11.8 Å². The van der Waals surface area contributed by atoms with Crippen LogP contribution in [-0.4, -0.2) is 41.6 Å². The molecular weight excluding hydrogens is 296 g/mol. The highest BCUT2D eigenvalue weighted by molar-refractivity contribution is 8.00. The fourth-order valence-corrected chi connectivity index (χ4v) is 2.76. The number of benzene rings is 1. The monoisotopic (exact) mass is 322 g/mol. The van der Waals surface area contributed by atoms with E-state index >= 15 is 0 Å². The molecule has 0 unspecified atom stereocenters. The number of carbonyl (C=O) groups excluding carboxylic acids is 2. The number of amides is 2. The topological polar surface area (TPSA) is 49.4 Å². The molecule has 4 nitrogen and oxygen atoms in total. The molecule has 0 saturated carbocycles. The Bertz CT molecular complexity index is 550. The average Bonchev–Trinajstić information content (AvgIpc) is 2.37. The van der Waals surface area contributed by atoms with Gasteiger partial charge < -0.3 is 10.2 Å². The second-order valence-electron chi connectivity index (χ2n) is 6.58. The van der Waals surface area contributed by atoms with Crippen molar-refractivity contribution in [3.63, 3.8) is 0 Å². The smallest absolute Gasteiger partial charge is 0.240 e. The summed E-state index contributed by atoms with van der Waals surface area (Å²) < 4.78 is 0. The second-order valence-corrected chi connectivity index (χ2v) is 7.63. The molecule has 0 aromatic heterocycles. The first-order valence-electron chi connectivity index (χ1n) is 7.33. The Morgan fingerprint density at radius 2 is 1.82 bits per heavy atom. The Hall–Kier alpha value is -1.49. The third-order valence-electron chi connectivity index (χ3n) is 3.16. The predicted molar refractivity (Wildman–Crippen MR) is 92.2 cm³/mol. The zero-order chi connectivity index (χ0) is 16.9. The Balaban J connectivity index is 2.47. The Labute approximate surface area is 137 Å². The maximum Gasteiger partial charge on any atom is 0.240 e. The van der Waals surface area contributed by atoms with Crippen molar-refractivity contribution in [2.45, 2.75) is 45.1 Å². The molecule has 1 rings (SSSR count). The van der Waals surface area contributed by atoms with Crippen LogP contribution in [0.2, 0.25) is 0 Å². The number of nitrogens with zero attached hydrogens (tertiary/aromatic N) is 1. The van der Waals surface area contributed by atoms with E-state index in [0.717, 1.165) is 4.90 Å². The lowest BCUT2D eigenvalue weighted by molar-refractivity contribution is -0.133. The van der Waals surface area contributed by atoms with Crippen molar-refractivity contribution in [1.29, 1.82) is 0 Å². The van der Waals surface area contributed by atoms with Gasteiger partial charge in [-0.3, -0.25) is 9.59 Å². The summed E-state index contributed by atoms with van der Waals surface area (Å²) in [5.74, 6) is 0.147. The summed E-state index contributed by atoms with van der Waals surface area (Å²) in [6.45, 7) is 9.97. The van der Waals surface area contributed by atoms with Gasteiger partial charge in [0.15, 0.2) is 0 Å². The molecule has 2 amide bonds. The van der Waals surface area contributed by atoms with E-state index in [2.05, 4.69) is 31.3 Å². The van der Waals surface area contributed by atoms with Gasteiger partial charge in [-0.15, -0.1) is 11.8 Å². The molecule has 122 valence electrons. The lowest BCUT2D eigenvalue weighted by Crippen LogP contribution is -2.46. The third-order valence-corrected chi connectivity index (χ3v) is 4.14. The summed E-state index contributed by atoms with van der Waals surface area (Å²) in [5.41, 5.74) is 2.18. The highest BCUT2D eigenvalue weighted by Gasteiger charge is 2.17. The first kappa shape index (κ1) is 18.6. The predicted octanol–water partition coefficient (Wildman–Crippen LogP) is 2.77. The number of thioether (sulfide) groups is 1. The Morgan fingerprint density at radius 1 is 1.18 bits per heavy atom. The minimum atomic E-state index is -0.283. The van der Waals surface area contributed by atoms with Gasteiger partial charge in [0.25, 0.3) is 0 Å². The highest BCUT2D eigenvalue weighted by atomic mass is 32.2. The average molecular weight is 322 g/mol. The minimum absolute atomic E-state index is 0.0488. The van der Waals surface area contributed by atoms with Gasteiger partial charge in [-0.2, -0.15) is 0 Å². The van der Waals surface area contributed by atoms with Crippen molar-refractivity contribution in [3.05, 3.63) is 29.3 Å². The molecular formula is C17H26N2O2S. The van der Waals surface area contributed by atoms with Gasteiger partial charge in [0.05, 0.1) is 12.3 Å². The molecule has 5 heteroatoms. The van der Waals surface area contributed by atoms with Crippen molar-refractivity contribution in [2.75, 3.05) is 19.3 Å². The summed E-state index contributed by atoms with van der Waals surface area (Å²) >= 11 is 1.50. The summed E-state index contributed by atoms with van der Waals surface area (Å²) in [6, 6.07) is 6.16. The van der Waals surface area contributed by atoms with Crippen LogP contribution in [0, 0.1) is 13.8 Å². The zero-order valence-corrected chi connectivity index (χ0v) is 15.1. The number of hydrogen-bond donors (Lipinski definition) is 1. The summed E-state index contributed by atoms with van der Waals surface area (Å²) in [5, 5.41) is 2.85. The number of rotatable bonds is 5. The number of aryl methyl sites for hydroxylation is 2. The maximum absolute atomic E-state index is 12.1. The first-order valence-corrected chi connectivity index (χ1v) is 8.32. The van der Waals surface area contributed by atoms with Crippen LogP contribution in [0.15, 0.2) is 23.1 Å². The molecule has 1 aromatic rings. The van der Waals surface area contributed by atoms with Crippen LogP contribution in [-0.2, 0) is 9.59 Å². The van der Waals surface area contributed by atoms with Gasteiger partial charge in [-0.25, -0.2) is 0 Å². The fraction of sp³-hybridized carbons (Fsp3) is 0.529. The largest absolute Gasteiger partial charge is 0.350 e. The molecule has 0 bridgehead atoms. The van der Waals surface area contributed by atoms with Crippen LogP contribution in [0.4, 0.5) is 0 Å². The van der Waals surface area contributed by atoms with Gasteiger partial charge in [0.1, 0.15) is 0 Å². The van der Waals surface area contributed by atoms with E-state index in [1.54, 1.807) is 7.05 Å². The van der Waals surface area contributed by atoms with E-state index in [1.165, 1.54) is 27.8 Å². The third kappa shape index (κ3) is 6.52. The van der Waals surface area contributed by atoms with Crippen LogP contribution in [0.3, 0.4) is 0 Å². The van der Waals surface area contributed by atoms with E-state index in [0.29, 0.717) is 5.75 Å². The van der Waals surface area contributed by atoms with Gasteiger partial charge >= 0.3 is 0 Å². The Morgan fingerprint density at radius 3 is 2.36 bits per heavy atom. The van der Waals surface area contributed by atoms with Gasteiger partial charge in [0, 0.05) is 17.5 Å². The van der Waals surface area contributed by atoms with Gasteiger partial charge in [-0.05, 0) is 57.9 Å². The van der Waals surface area contributed by atoms with Gasteiger partial charge in [0.2, 0.25) is 11.8 Å². The van der Waals surface area contributed by atoms with Crippen molar-refractivity contribution < 1.29 is 9.59 Å². The number of nitrogens with one attached hydrogen (secondary N) is 1. The molecule has 0 heterocycles. The maximum atomic E-state index is 12.1. The second kappa shape index (κ2) is 7.68. The van der Waals surface area contributed by atoms with E-state index in [1.807, 2.05) is 26.8 Å². The lowest BCUT2D eigenvalue weighted by atomic mass is 10.1. The zero-order valence-electron chi connectivity index (χ0n) is 14.3. The molecule has 0 saturated heterocycles. The van der Waals surface area contributed by atoms with Crippen molar-refractivity contribution in [2.24, 2.45) is 0 Å². The SMILES string of the molecule is Cc1ccc(SCC(=O)N(C)CC(=O)NC(C)(C)C)cc1C. The van der Waals surface area contributed by atoms with E-state index in [9.17, 15) is 9.59 Å². The van der Waals surface area contributed by atoms with E-state index in [4.69, 9.17) is 0 Å². The standard InChI is InChI=1S/C17H26N2O2S/c1-12-7-8-14(9-13(12)2)22-11-16(21)19(6)10-15(20)18-17(3,4)5/h7-9H,10-11H2,1-6H3,(H,18,20). The quantitative estimate of drug-likeness (QED) is 0.848. The van der Waals surface area contributed by atoms with Crippen LogP contribution in [0.1, 0.15) is 31.9 Å². The van der Waals surface area contributed by atoms with Crippen LogP contribution in [0.5, 0.6) is 0 Å². The van der Waals surface area contributed by atoms with Crippen LogP contribution in [0.25, 0.3) is 0 Å². The molecule has 1 N–H and O–H groups in total. The molecule has 0 atom stereocenters. The molecule has 22 heavy (non-hydrogen) atoms. The number of hydrogen-bond acceptors (Lipinski definition) is 3. The number of likely N-dealkylation sites (N-methyl/N-ethyl adjacent to an activating group) is 1. The molecule has 0 aliphatic rings. The molecule has 0 radical (unpaired) electrons. The molecule has 0 spiro atoms. The summed E-state index contributed by atoms with van der Waals surface area (Å²) in [4.78, 5) is 26.5. The highest BCUT2D eigenvalue weighted by Crippen LogP contribution is 2.21. The first-order chi connectivity index (χ1) is 10.1. The van der Waals surface area contributed by atoms with Crippen molar-refractivity contribution >= 4 is 23.6 Å². The Kier molecular flexibility index (Phi) is 6.48. The fourth-order valence-electron chi connectivity index (χ4n) is 1.82. The van der Waals surface area contributed by atoms with E-state index in [-0.39, 0.29) is 23.9 Å². The summed E-state index contributed by atoms with van der Waals surface area (Å²) in [6.07, 6.45) is 0. The lowest BCUT2D eigenvalue weighted by Gasteiger charge is -2.23. The van der Waals surface area contributed by atoms with Gasteiger partial charge in [-0.1, -0.05) is 6.07 Å². The minimum Gasteiger partial charge on any atom is -0.350 e. The molecule has 0 fully saturated rings.